The Bertz CT molecular complexity index is 743. The zero-order chi connectivity index (χ0) is 21.9. The third-order valence-corrected chi connectivity index (χ3v) is 5.15. The molecule has 0 aromatic heterocycles. The molecule has 30 heavy (non-hydrogen) atoms. The van der Waals surface area contributed by atoms with Crippen LogP contribution in [0.5, 0.6) is 0 Å². The minimum Gasteiger partial charge on any atom is -0.466 e. The van der Waals surface area contributed by atoms with Gasteiger partial charge in [0.1, 0.15) is 18.2 Å². The van der Waals surface area contributed by atoms with Gasteiger partial charge in [-0.25, -0.2) is 0 Å². The number of esters is 1. The highest BCUT2D eigenvalue weighted by Crippen LogP contribution is 2.23. The van der Waals surface area contributed by atoms with E-state index in [1.807, 2.05) is 24.3 Å². The topological polar surface area (TPSA) is 90.0 Å². The Kier molecular flexibility index (Phi) is 9.67. The SMILES string of the molecule is CC(=O)OCCCOCC(=O)N(C)Cc1ccc(CC(=O)C2CCCCC2=O)cc1. The Hall–Kier alpha value is -2.54. The third-order valence-electron chi connectivity index (χ3n) is 5.15. The minimum atomic E-state index is -0.434. The Morgan fingerprint density at radius 2 is 1.77 bits per heavy atom. The Morgan fingerprint density at radius 3 is 2.43 bits per heavy atom. The first kappa shape index (κ1) is 23.7. The first-order valence-electron chi connectivity index (χ1n) is 10.4. The number of nitrogens with zero attached hydrogens (tertiary/aromatic N) is 1. The largest absolute Gasteiger partial charge is 0.466 e. The standard InChI is InChI=1S/C23H31NO6/c1-17(25)30-13-5-12-29-16-23(28)24(2)15-19-10-8-18(9-11-19)14-22(27)20-6-3-4-7-21(20)26/h8-11,20H,3-7,12-16H2,1-2H3. The fraction of sp³-hybridized carbons (Fsp3) is 0.565. The molecule has 1 aromatic carbocycles. The maximum atomic E-state index is 12.4. The van der Waals surface area contributed by atoms with Crippen molar-refractivity contribution in [2.75, 3.05) is 26.9 Å². The molecule has 0 bridgehead atoms. The molecule has 2 rings (SSSR count). The molecule has 1 saturated carbocycles. The van der Waals surface area contributed by atoms with Crippen molar-refractivity contribution in [2.45, 2.75) is 52.0 Å². The van der Waals surface area contributed by atoms with Gasteiger partial charge < -0.3 is 14.4 Å². The predicted octanol–water partition coefficient (Wildman–Crippen LogP) is 2.49. The lowest BCUT2D eigenvalue weighted by molar-refractivity contribution is -0.142. The van der Waals surface area contributed by atoms with E-state index in [1.54, 1.807) is 11.9 Å². The summed E-state index contributed by atoms with van der Waals surface area (Å²) in [5.74, 6) is -0.820. The second-order valence-corrected chi connectivity index (χ2v) is 7.72. The molecule has 0 radical (unpaired) electrons. The van der Waals surface area contributed by atoms with Gasteiger partial charge in [-0.15, -0.1) is 0 Å². The summed E-state index contributed by atoms with van der Waals surface area (Å²) in [6, 6.07) is 7.55. The summed E-state index contributed by atoms with van der Waals surface area (Å²) in [5.41, 5.74) is 1.83. The number of Topliss-reactive ketones (excluding diaryl/α,β-unsaturated/α-hetero) is 2. The molecule has 0 spiro atoms. The number of ketones is 2. The van der Waals surface area contributed by atoms with E-state index in [0.29, 0.717) is 32.4 Å². The highest BCUT2D eigenvalue weighted by atomic mass is 16.5. The van der Waals surface area contributed by atoms with Crippen molar-refractivity contribution in [2.24, 2.45) is 5.92 Å². The molecular formula is C23H31NO6. The molecule has 1 aliphatic carbocycles. The molecule has 0 saturated heterocycles. The Labute approximate surface area is 177 Å². The van der Waals surface area contributed by atoms with Crippen molar-refractivity contribution in [1.29, 1.82) is 0 Å². The summed E-state index contributed by atoms with van der Waals surface area (Å²) in [7, 11) is 1.71. The van der Waals surface area contributed by atoms with Gasteiger partial charge in [-0.2, -0.15) is 0 Å². The van der Waals surface area contributed by atoms with Gasteiger partial charge in [0.05, 0.1) is 19.1 Å². The van der Waals surface area contributed by atoms with Crippen LogP contribution in [0.1, 0.15) is 50.2 Å². The average molecular weight is 418 g/mol. The Morgan fingerprint density at radius 1 is 1.07 bits per heavy atom. The summed E-state index contributed by atoms with van der Waals surface area (Å²) in [5, 5.41) is 0. The van der Waals surface area contributed by atoms with Gasteiger partial charge in [0.25, 0.3) is 0 Å². The number of amides is 1. The van der Waals surface area contributed by atoms with E-state index in [1.165, 1.54) is 6.92 Å². The number of ether oxygens (including phenoxy) is 2. The van der Waals surface area contributed by atoms with E-state index in [0.717, 1.165) is 24.0 Å². The summed E-state index contributed by atoms with van der Waals surface area (Å²) >= 11 is 0. The number of hydrogen-bond donors (Lipinski definition) is 0. The minimum absolute atomic E-state index is 0.00518. The van der Waals surface area contributed by atoms with Gasteiger partial charge in [0.2, 0.25) is 5.91 Å². The molecule has 7 heteroatoms. The fourth-order valence-corrected chi connectivity index (χ4v) is 3.42. The van der Waals surface area contributed by atoms with Crippen molar-refractivity contribution >= 4 is 23.4 Å². The predicted molar refractivity (Wildman–Crippen MR) is 111 cm³/mol. The zero-order valence-electron chi connectivity index (χ0n) is 17.9. The van der Waals surface area contributed by atoms with Crippen molar-refractivity contribution in [3.8, 4) is 0 Å². The van der Waals surface area contributed by atoms with Gasteiger partial charge in [-0.1, -0.05) is 30.7 Å². The van der Waals surface area contributed by atoms with E-state index in [2.05, 4.69) is 0 Å². The molecule has 0 N–H and O–H groups in total. The molecule has 1 amide bonds. The average Bonchev–Trinajstić information content (AvgIpc) is 2.71. The van der Waals surface area contributed by atoms with Crippen LogP contribution in [0.25, 0.3) is 0 Å². The monoisotopic (exact) mass is 417 g/mol. The van der Waals surface area contributed by atoms with Crippen LogP contribution in [0.3, 0.4) is 0 Å². The number of likely N-dealkylation sites (N-methyl/N-ethyl adjacent to an activating group) is 1. The van der Waals surface area contributed by atoms with Crippen molar-refractivity contribution in [3.05, 3.63) is 35.4 Å². The van der Waals surface area contributed by atoms with Gasteiger partial charge in [0, 0.05) is 39.8 Å². The van der Waals surface area contributed by atoms with E-state index in [4.69, 9.17) is 9.47 Å². The summed E-state index contributed by atoms with van der Waals surface area (Å²) in [6.07, 6.45) is 3.84. The second-order valence-electron chi connectivity index (χ2n) is 7.72. The van der Waals surface area contributed by atoms with Crippen molar-refractivity contribution in [1.82, 2.24) is 4.90 Å². The highest BCUT2D eigenvalue weighted by molar-refractivity contribution is 6.03. The van der Waals surface area contributed by atoms with Gasteiger partial charge in [-0.05, 0) is 24.0 Å². The Balaban J connectivity index is 1.72. The zero-order valence-corrected chi connectivity index (χ0v) is 17.9. The van der Waals surface area contributed by atoms with Crippen LogP contribution in [0, 0.1) is 5.92 Å². The summed E-state index contributed by atoms with van der Waals surface area (Å²) in [6.45, 7) is 2.38. The molecular weight excluding hydrogens is 386 g/mol. The molecule has 0 aliphatic heterocycles. The normalized spacial score (nSPS) is 16.2. The summed E-state index contributed by atoms with van der Waals surface area (Å²) in [4.78, 5) is 48.7. The van der Waals surface area contributed by atoms with Gasteiger partial charge >= 0.3 is 5.97 Å². The molecule has 1 aliphatic rings. The van der Waals surface area contributed by atoms with Crippen LogP contribution in [0.15, 0.2) is 24.3 Å². The quantitative estimate of drug-likeness (QED) is 0.312. The van der Waals surface area contributed by atoms with E-state index >= 15 is 0 Å². The third kappa shape index (κ3) is 8.06. The van der Waals surface area contributed by atoms with E-state index < -0.39 is 5.92 Å². The van der Waals surface area contributed by atoms with Crippen LogP contribution in [-0.4, -0.2) is 55.2 Å². The van der Waals surface area contributed by atoms with Gasteiger partial charge in [-0.3, -0.25) is 19.2 Å². The lowest BCUT2D eigenvalue weighted by atomic mass is 9.83. The molecule has 1 aromatic rings. The molecule has 1 unspecified atom stereocenters. The lowest BCUT2D eigenvalue weighted by Crippen LogP contribution is -2.30. The highest BCUT2D eigenvalue weighted by Gasteiger charge is 2.28. The lowest BCUT2D eigenvalue weighted by Gasteiger charge is -2.19. The van der Waals surface area contributed by atoms with E-state index in [9.17, 15) is 19.2 Å². The number of hydrogen-bond acceptors (Lipinski definition) is 6. The first-order valence-corrected chi connectivity index (χ1v) is 10.4. The molecule has 164 valence electrons. The maximum absolute atomic E-state index is 12.4. The smallest absolute Gasteiger partial charge is 0.302 e. The number of rotatable bonds is 11. The fourth-order valence-electron chi connectivity index (χ4n) is 3.42. The summed E-state index contributed by atoms with van der Waals surface area (Å²) < 4.78 is 10.1. The molecule has 7 nitrogen and oxygen atoms in total. The maximum Gasteiger partial charge on any atom is 0.302 e. The van der Waals surface area contributed by atoms with Crippen LogP contribution in [0.2, 0.25) is 0 Å². The van der Waals surface area contributed by atoms with Crippen LogP contribution < -0.4 is 0 Å². The van der Waals surface area contributed by atoms with Gasteiger partial charge in [0.15, 0.2) is 0 Å². The molecule has 0 heterocycles. The second kappa shape index (κ2) is 12.2. The van der Waals surface area contributed by atoms with Crippen molar-refractivity contribution in [3.63, 3.8) is 0 Å². The first-order chi connectivity index (χ1) is 14.4. The molecule has 1 atom stereocenters. The van der Waals surface area contributed by atoms with Crippen LogP contribution >= 0.6 is 0 Å². The van der Waals surface area contributed by atoms with Crippen LogP contribution in [0.4, 0.5) is 0 Å². The number of carbonyl (C=O) groups excluding carboxylic acids is 4. The number of benzene rings is 1. The van der Waals surface area contributed by atoms with Crippen molar-refractivity contribution < 1.29 is 28.7 Å². The van der Waals surface area contributed by atoms with E-state index in [-0.39, 0.29) is 43.1 Å². The number of carbonyl (C=O) groups is 4. The van der Waals surface area contributed by atoms with Crippen LogP contribution in [-0.2, 0) is 41.6 Å². The molecule has 1 fully saturated rings.